The second kappa shape index (κ2) is 8.29. The van der Waals surface area contributed by atoms with Gasteiger partial charge in [-0.1, -0.05) is 12.1 Å². The van der Waals surface area contributed by atoms with Gasteiger partial charge >= 0.3 is 0 Å². The maximum Gasteiger partial charge on any atom is 0.170 e. The number of phenols is 6. The van der Waals surface area contributed by atoms with E-state index in [1.165, 1.54) is 66.7 Å². The molecule has 7 heteroatoms. The average molecular weight is 470 g/mol. The molecule has 4 aromatic rings. The summed E-state index contributed by atoms with van der Waals surface area (Å²) in [6.07, 6.45) is 0. The third kappa shape index (κ3) is 3.87. The number of ketones is 1. The van der Waals surface area contributed by atoms with Crippen molar-refractivity contribution in [2.24, 2.45) is 0 Å². The van der Waals surface area contributed by atoms with Crippen LogP contribution in [0.4, 0.5) is 0 Å². The van der Waals surface area contributed by atoms with E-state index in [-0.39, 0.29) is 40.3 Å². The summed E-state index contributed by atoms with van der Waals surface area (Å²) in [6.45, 7) is 0. The quantitative estimate of drug-likeness (QED) is 0.235. The molecule has 0 heterocycles. The normalized spacial score (nSPS) is 18.8. The molecule has 0 aromatic heterocycles. The van der Waals surface area contributed by atoms with Crippen molar-refractivity contribution in [1.29, 1.82) is 0 Å². The van der Waals surface area contributed by atoms with E-state index in [4.69, 9.17) is 0 Å². The van der Waals surface area contributed by atoms with Crippen LogP contribution in [0.5, 0.6) is 34.5 Å². The number of Topliss-reactive ketones (excluding diaryl/α,β-unsaturated/α-hetero) is 1. The third-order valence-corrected chi connectivity index (χ3v) is 6.54. The number of aromatic hydroxyl groups is 6. The van der Waals surface area contributed by atoms with Gasteiger partial charge in [-0.3, -0.25) is 4.79 Å². The van der Waals surface area contributed by atoms with E-state index in [9.17, 15) is 35.4 Å². The van der Waals surface area contributed by atoms with E-state index in [0.29, 0.717) is 27.8 Å². The summed E-state index contributed by atoms with van der Waals surface area (Å²) in [5, 5.41) is 61.2. The molecular formula is C28H22O7. The fourth-order valence-corrected chi connectivity index (χ4v) is 5.17. The molecule has 35 heavy (non-hydrogen) atoms. The van der Waals surface area contributed by atoms with Gasteiger partial charge in [0.25, 0.3) is 0 Å². The van der Waals surface area contributed by atoms with Crippen LogP contribution in [0.3, 0.4) is 0 Å². The Balaban J connectivity index is 1.80. The maximum atomic E-state index is 13.9. The molecule has 0 unspecified atom stereocenters. The number of hydrogen-bond acceptors (Lipinski definition) is 7. The van der Waals surface area contributed by atoms with Gasteiger partial charge in [0.2, 0.25) is 0 Å². The van der Waals surface area contributed by atoms with E-state index in [1.54, 1.807) is 12.1 Å². The number of phenolic OH excluding ortho intramolecular Hbond substituents is 6. The van der Waals surface area contributed by atoms with Crippen molar-refractivity contribution in [3.8, 4) is 34.5 Å². The molecule has 3 atom stereocenters. The van der Waals surface area contributed by atoms with E-state index < -0.39 is 17.8 Å². The summed E-state index contributed by atoms with van der Waals surface area (Å²) in [7, 11) is 0. The molecule has 0 bridgehead atoms. The highest BCUT2D eigenvalue weighted by atomic mass is 16.3. The third-order valence-electron chi connectivity index (χ3n) is 6.54. The molecule has 0 spiro atoms. The maximum absolute atomic E-state index is 13.9. The lowest BCUT2D eigenvalue weighted by atomic mass is 9.75. The predicted octanol–water partition coefficient (Wildman–Crippen LogP) is 4.82. The Morgan fingerprint density at radius 3 is 1.71 bits per heavy atom. The van der Waals surface area contributed by atoms with Crippen LogP contribution in [0.25, 0.3) is 0 Å². The first-order chi connectivity index (χ1) is 16.7. The number of fused-ring (bicyclic) bond motifs is 1. The van der Waals surface area contributed by atoms with Crippen LogP contribution in [0, 0.1) is 0 Å². The summed E-state index contributed by atoms with van der Waals surface area (Å²) in [4.78, 5) is 13.9. The van der Waals surface area contributed by atoms with Crippen molar-refractivity contribution in [2.75, 3.05) is 0 Å². The van der Waals surface area contributed by atoms with Gasteiger partial charge < -0.3 is 30.6 Å². The average Bonchev–Trinajstić information content (AvgIpc) is 3.14. The van der Waals surface area contributed by atoms with Crippen molar-refractivity contribution < 1.29 is 35.4 Å². The van der Waals surface area contributed by atoms with Gasteiger partial charge in [-0.05, 0) is 71.3 Å². The molecule has 7 nitrogen and oxygen atoms in total. The lowest BCUT2D eigenvalue weighted by Crippen LogP contribution is -2.19. The van der Waals surface area contributed by atoms with Gasteiger partial charge in [-0.2, -0.15) is 0 Å². The molecule has 176 valence electrons. The van der Waals surface area contributed by atoms with Crippen molar-refractivity contribution in [3.63, 3.8) is 0 Å². The second-order valence-electron chi connectivity index (χ2n) is 8.73. The van der Waals surface area contributed by atoms with Crippen molar-refractivity contribution in [1.82, 2.24) is 0 Å². The van der Waals surface area contributed by atoms with Crippen molar-refractivity contribution >= 4 is 5.78 Å². The highest BCUT2D eigenvalue weighted by Gasteiger charge is 2.48. The first-order valence-corrected chi connectivity index (χ1v) is 10.9. The zero-order valence-electron chi connectivity index (χ0n) is 18.3. The van der Waals surface area contributed by atoms with Gasteiger partial charge in [0, 0.05) is 35.1 Å². The van der Waals surface area contributed by atoms with Gasteiger partial charge in [-0.25, -0.2) is 0 Å². The predicted molar refractivity (Wildman–Crippen MR) is 127 cm³/mol. The minimum absolute atomic E-state index is 0.0000785. The molecule has 0 fully saturated rings. The number of carbonyl (C=O) groups is 1. The van der Waals surface area contributed by atoms with Crippen LogP contribution in [-0.4, -0.2) is 36.4 Å². The fraction of sp³-hybridized carbons (Fsp3) is 0.107. The Labute approximate surface area is 200 Å². The first-order valence-electron chi connectivity index (χ1n) is 10.9. The number of carbonyl (C=O) groups excluding carboxylic acids is 1. The van der Waals surface area contributed by atoms with E-state index in [2.05, 4.69) is 0 Å². The molecule has 1 aliphatic rings. The topological polar surface area (TPSA) is 138 Å². The van der Waals surface area contributed by atoms with Crippen molar-refractivity contribution in [2.45, 2.75) is 17.8 Å². The molecule has 0 saturated carbocycles. The standard InChI is InChI=1S/C28H22O7/c29-17-5-1-14(2-6-17)24-25(16-9-19(31)11-20(32)10-16)27(22-12-21(33)13-23(34)26(22)24)28(35)15-3-7-18(30)8-4-15/h1-13,24-25,27,29-34H/t24-,25+,27-/m1/s1. The highest BCUT2D eigenvalue weighted by Crippen LogP contribution is 2.59. The van der Waals surface area contributed by atoms with E-state index in [0.717, 1.165) is 0 Å². The van der Waals surface area contributed by atoms with Crippen LogP contribution in [0.15, 0.2) is 78.9 Å². The van der Waals surface area contributed by atoms with E-state index in [1.807, 2.05) is 0 Å². The molecule has 0 saturated heterocycles. The van der Waals surface area contributed by atoms with Crippen molar-refractivity contribution in [3.05, 3.63) is 107 Å². The second-order valence-corrected chi connectivity index (χ2v) is 8.73. The van der Waals surface area contributed by atoms with Gasteiger partial charge in [0.15, 0.2) is 5.78 Å². The number of hydrogen-bond donors (Lipinski definition) is 6. The molecule has 4 aromatic carbocycles. The first kappa shape index (κ1) is 22.2. The monoisotopic (exact) mass is 470 g/mol. The molecule has 0 aliphatic heterocycles. The highest BCUT2D eigenvalue weighted by molar-refractivity contribution is 6.03. The fourth-order valence-electron chi connectivity index (χ4n) is 5.17. The van der Waals surface area contributed by atoms with Crippen LogP contribution < -0.4 is 0 Å². The zero-order chi connectivity index (χ0) is 24.9. The summed E-state index contributed by atoms with van der Waals surface area (Å²) in [5.74, 6) is -3.29. The van der Waals surface area contributed by atoms with Crippen LogP contribution >= 0.6 is 0 Å². The molecular weight excluding hydrogens is 448 g/mol. The van der Waals surface area contributed by atoms with Gasteiger partial charge in [-0.15, -0.1) is 0 Å². The van der Waals surface area contributed by atoms with Crippen LogP contribution in [0.2, 0.25) is 0 Å². The Kier molecular flexibility index (Phi) is 5.25. The molecule has 1 aliphatic carbocycles. The van der Waals surface area contributed by atoms with Crippen LogP contribution in [0.1, 0.15) is 50.4 Å². The molecule has 6 N–H and O–H groups in total. The zero-order valence-corrected chi connectivity index (χ0v) is 18.3. The largest absolute Gasteiger partial charge is 0.508 e. The summed E-state index contributed by atoms with van der Waals surface area (Å²) < 4.78 is 0. The SMILES string of the molecule is O=C(c1ccc(O)cc1)[C@@H]1c2cc(O)cc(O)c2[C@H](c2ccc(O)cc2)[C@@H]1c1cc(O)cc(O)c1. The Bertz CT molecular complexity index is 1410. The number of rotatable bonds is 4. The van der Waals surface area contributed by atoms with Gasteiger partial charge in [0.1, 0.15) is 34.5 Å². The Morgan fingerprint density at radius 1 is 0.571 bits per heavy atom. The lowest BCUT2D eigenvalue weighted by molar-refractivity contribution is 0.0949. The molecule has 0 amide bonds. The minimum atomic E-state index is -0.910. The summed E-state index contributed by atoms with van der Waals surface area (Å²) >= 11 is 0. The van der Waals surface area contributed by atoms with Crippen LogP contribution in [-0.2, 0) is 0 Å². The summed E-state index contributed by atoms with van der Waals surface area (Å²) in [6, 6.07) is 18.9. The Morgan fingerprint density at radius 2 is 1.11 bits per heavy atom. The Hall–Kier alpha value is -4.65. The van der Waals surface area contributed by atoms with E-state index >= 15 is 0 Å². The van der Waals surface area contributed by atoms with Gasteiger partial charge in [0.05, 0.1) is 5.92 Å². The minimum Gasteiger partial charge on any atom is -0.508 e. The lowest BCUT2D eigenvalue weighted by Gasteiger charge is -2.26. The number of benzene rings is 4. The molecule has 5 rings (SSSR count). The molecule has 0 radical (unpaired) electrons. The smallest absolute Gasteiger partial charge is 0.170 e. The summed E-state index contributed by atoms with van der Waals surface area (Å²) in [5.41, 5.74) is 2.28.